The first kappa shape index (κ1) is 7.26. The van der Waals surface area contributed by atoms with Gasteiger partial charge in [0, 0.05) is 0 Å². The van der Waals surface area contributed by atoms with Crippen molar-refractivity contribution < 1.29 is 19.0 Å². The van der Waals surface area contributed by atoms with Gasteiger partial charge in [-0.05, 0) is 15.9 Å². The van der Waals surface area contributed by atoms with Crippen LogP contribution < -0.4 is 0 Å². The zero-order chi connectivity index (χ0) is 6.08. The highest BCUT2D eigenvalue weighted by Gasteiger charge is 2.32. The van der Waals surface area contributed by atoms with E-state index in [2.05, 4.69) is 0 Å². The van der Waals surface area contributed by atoms with Gasteiger partial charge in [-0.3, -0.25) is 0 Å². The molecule has 2 nitrogen and oxygen atoms in total. The molecule has 0 aliphatic carbocycles. The number of aliphatic hydroxyl groups excluding tert-OH is 1. The number of rotatable bonds is 1. The molecule has 0 unspecified atom stereocenters. The van der Waals surface area contributed by atoms with Gasteiger partial charge in [0.15, 0.2) is 0 Å². The van der Waals surface area contributed by atoms with Gasteiger partial charge >= 0.3 is 4.83 Å². The summed E-state index contributed by atoms with van der Waals surface area (Å²) in [5.41, 5.74) is 0. The van der Waals surface area contributed by atoms with Crippen LogP contribution in [0, 0.1) is 0 Å². The Kier molecular flexibility index (Phi) is 2.09. The van der Waals surface area contributed by atoms with Gasteiger partial charge < -0.3 is 10.2 Å². The average molecular weight is 177 g/mol. The number of aliphatic hydroxyl groups is 2. The largest absolute Gasteiger partial charge is 0.363 e. The molecule has 0 radical (unpaired) electrons. The first-order valence-corrected chi connectivity index (χ1v) is 2.17. The van der Waals surface area contributed by atoms with Crippen molar-refractivity contribution in [2.45, 2.75) is 11.1 Å². The zero-order valence-corrected chi connectivity index (χ0v) is 4.69. The molecule has 0 fully saturated rings. The second-order valence-corrected chi connectivity index (χ2v) is 1.97. The van der Waals surface area contributed by atoms with Gasteiger partial charge in [-0.1, -0.05) is 0 Å². The minimum absolute atomic E-state index is 1.71. The summed E-state index contributed by atoms with van der Waals surface area (Å²) >= 11 is 1.71. The molecule has 0 aromatic heterocycles. The molecule has 0 aromatic carbocycles. The summed E-state index contributed by atoms with van der Waals surface area (Å²) < 4.78 is 22.5. The van der Waals surface area contributed by atoms with Crippen LogP contribution in [-0.2, 0) is 0 Å². The summed E-state index contributed by atoms with van der Waals surface area (Å²) in [7, 11) is 0. The van der Waals surface area contributed by atoms with Gasteiger partial charge in [0.2, 0.25) is 6.29 Å². The lowest BCUT2D eigenvalue weighted by atomic mass is 10.7. The number of hydrogen-bond donors (Lipinski definition) is 2. The Balaban J connectivity index is 3.54. The quantitative estimate of drug-likeness (QED) is 0.446. The maximum Gasteiger partial charge on any atom is 0.350 e. The van der Waals surface area contributed by atoms with Crippen LogP contribution in [-0.4, -0.2) is 21.3 Å². The Morgan fingerprint density at radius 2 is 1.57 bits per heavy atom. The van der Waals surface area contributed by atoms with Crippen molar-refractivity contribution in [3.63, 3.8) is 0 Å². The SMILES string of the molecule is OC(O)C(F)(F)Br. The molecule has 0 aliphatic rings. The molecule has 0 heterocycles. The molecule has 0 saturated heterocycles. The Morgan fingerprint density at radius 1 is 1.43 bits per heavy atom. The van der Waals surface area contributed by atoms with E-state index in [1.807, 2.05) is 0 Å². The second kappa shape index (κ2) is 2.02. The van der Waals surface area contributed by atoms with Crippen molar-refractivity contribution in [1.29, 1.82) is 0 Å². The van der Waals surface area contributed by atoms with Crippen LogP contribution in [0.5, 0.6) is 0 Å². The van der Waals surface area contributed by atoms with E-state index in [-0.39, 0.29) is 0 Å². The van der Waals surface area contributed by atoms with Gasteiger partial charge in [0.25, 0.3) is 0 Å². The minimum atomic E-state index is -3.58. The molecule has 0 saturated carbocycles. The zero-order valence-electron chi connectivity index (χ0n) is 3.11. The highest BCUT2D eigenvalue weighted by molar-refractivity contribution is 9.10. The smallest absolute Gasteiger partial charge is 0.350 e. The Morgan fingerprint density at radius 3 is 1.57 bits per heavy atom. The van der Waals surface area contributed by atoms with Crippen molar-refractivity contribution in [3.8, 4) is 0 Å². The maximum absolute atomic E-state index is 11.3. The summed E-state index contributed by atoms with van der Waals surface area (Å²) in [5, 5.41) is 15.3. The fourth-order valence-corrected chi connectivity index (χ4v) is 0. The third-order valence-corrected chi connectivity index (χ3v) is 0.702. The van der Waals surface area contributed by atoms with Crippen LogP contribution in [0.15, 0.2) is 0 Å². The van der Waals surface area contributed by atoms with E-state index in [9.17, 15) is 8.78 Å². The molecule has 0 bridgehead atoms. The van der Waals surface area contributed by atoms with Crippen LogP contribution in [0.3, 0.4) is 0 Å². The van der Waals surface area contributed by atoms with Crippen LogP contribution in [0.1, 0.15) is 0 Å². The van der Waals surface area contributed by atoms with E-state index < -0.39 is 11.1 Å². The van der Waals surface area contributed by atoms with Gasteiger partial charge in [0.05, 0.1) is 0 Å². The standard InChI is InChI=1S/C2H3BrF2O2/c3-2(4,5)1(6)7/h1,6-7H. The normalized spacial score (nSPS) is 12.9. The third-order valence-electron chi connectivity index (χ3n) is 0.293. The van der Waals surface area contributed by atoms with Crippen LogP contribution in [0.25, 0.3) is 0 Å². The Bertz CT molecular complexity index is 59.2. The van der Waals surface area contributed by atoms with E-state index in [4.69, 9.17) is 10.2 Å². The predicted octanol–water partition coefficient (Wildman–Crippen LogP) is 0.285. The lowest BCUT2D eigenvalue weighted by Gasteiger charge is -2.07. The average Bonchev–Trinajstić information content (AvgIpc) is 1.31. The minimum Gasteiger partial charge on any atom is -0.363 e. The molecule has 7 heavy (non-hydrogen) atoms. The summed E-state index contributed by atoms with van der Waals surface area (Å²) in [6.07, 6.45) is -2.62. The first-order valence-electron chi connectivity index (χ1n) is 1.37. The van der Waals surface area contributed by atoms with Crippen molar-refractivity contribution in [2.24, 2.45) is 0 Å². The summed E-state index contributed by atoms with van der Waals surface area (Å²) in [4.78, 5) is -3.58. The fraction of sp³-hybridized carbons (Fsp3) is 1.00. The van der Waals surface area contributed by atoms with E-state index in [0.717, 1.165) is 0 Å². The highest BCUT2D eigenvalue weighted by atomic mass is 79.9. The topological polar surface area (TPSA) is 40.5 Å². The highest BCUT2D eigenvalue weighted by Crippen LogP contribution is 2.23. The summed E-state index contributed by atoms with van der Waals surface area (Å²) in [5.74, 6) is 0. The van der Waals surface area contributed by atoms with E-state index in [1.165, 1.54) is 0 Å². The van der Waals surface area contributed by atoms with Crippen LogP contribution in [0.4, 0.5) is 8.78 Å². The molecule has 2 N–H and O–H groups in total. The molecule has 0 amide bonds. The van der Waals surface area contributed by atoms with E-state index >= 15 is 0 Å². The summed E-state index contributed by atoms with van der Waals surface area (Å²) in [6.45, 7) is 0. The van der Waals surface area contributed by atoms with Gasteiger partial charge in [-0.2, -0.15) is 8.78 Å². The Hall–Kier alpha value is 0.260. The molecule has 5 heteroatoms. The number of halogens is 3. The van der Waals surface area contributed by atoms with Gasteiger partial charge in [-0.25, -0.2) is 0 Å². The fourth-order valence-electron chi connectivity index (χ4n) is 0. The van der Waals surface area contributed by atoms with E-state index in [0.29, 0.717) is 0 Å². The van der Waals surface area contributed by atoms with Crippen molar-refractivity contribution in [1.82, 2.24) is 0 Å². The summed E-state index contributed by atoms with van der Waals surface area (Å²) in [6, 6.07) is 0. The number of alkyl halides is 3. The molecular weight excluding hydrogens is 174 g/mol. The first-order chi connectivity index (χ1) is 2.94. The predicted molar refractivity (Wildman–Crippen MR) is 22.1 cm³/mol. The van der Waals surface area contributed by atoms with Crippen molar-refractivity contribution >= 4 is 15.9 Å². The van der Waals surface area contributed by atoms with Crippen LogP contribution >= 0.6 is 15.9 Å². The van der Waals surface area contributed by atoms with Gasteiger partial charge in [-0.15, -0.1) is 0 Å². The lowest BCUT2D eigenvalue weighted by molar-refractivity contribution is -0.153. The van der Waals surface area contributed by atoms with Gasteiger partial charge in [0.1, 0.15) is 0 Å². The number of hydrogen-bond acceptors (Lipinski definition) is 2. The third kappa shape index (κ3) is 2.90. The maximum atomic E-state index is 11.3. The molecule has 0 aliphatic heterocycles. The molecule has 44 valence electrons. The van der Waals surface area contributed by atoms with Crippen molar-refractivity contribution in [2.75, 3.05) is 0 Å². The molecule has 0 rings (SSSR count). The van der Waals surface area contributed by atoms with E-state index in [1.54, 1.807) is 15.9 Å². The molecular formula is C2H3BrF2O2. The molecule has 0 aromatic rings. The van der Waals surface area contributed by atoms with Crippen molar-refractivity contribution in [3.05, 3.63) is 0 Å². The monoisotopic (exact) mass is 176 g/mol. The molecule has 0 atom stereocenters. The molecule has 0 spiro atoms. The lowest BCUT2D eigenvalue weighted by Crippen LogP contribution is -2.25. The van der Waals surface area contributed by atoms with Crippen LogP contribution in [0.2, 0.25) is 0 Å². The Labute approximate surface area is 46.9 Å². The second-order valence-electron chi connectivity index (χ2n) is 0.915.